The third kappa shape index (κ3) is 3.48. The molecule has 1 aliphatic heterocycles. The molecule has 0 amide bonds. The van der Waals surface area contributed by atoms with E-state index in [2.05, 4.69) is 9.62 Å². The number of benzene rings is 1. The molecule has 0 bridgehead atoms. The number of anilines is 2. The van der Waals surface area contributed by atoms with E-state index in [-0.39, 0.29) is 17.5 Å². The van der Waals surface area contributed by atoms with E-state index in [0.29, 0.717) is 12.1 Å². The Balaban J connectivity index is 2.39. The van der Waals surface area contributed by atoms with E-state index >= 15 is 0 Å². The predicted molar refractivity (Wildman–Crippen MR) is 83.8 cm³/mol. The van der Waals surface area contributed by atoms with Crippen LogP contribution < -0.4 is 15.4 Å². The predicted octanol–water partition coefficient (Wildman–Crippen LogP) is 0.918. The van der Waals surface area contributed by atoms with Crippen molar-refractivity contribution in [2.24, 2.45) is 0 Å². The van der Waals surface area contributed by atoms with Crippen molar-refractivity contribution in [1.29, 1.82) is 0 Å². The van der Waals surface area contributed by atoms with Crippen LogP contribution in [0.2, 0.25) is 0 Å². The Bertz CT molecular complexity index is 587. The summed E-state index contributed by atoms with van der Waals surface area (Å²) in [5, 5.41) is 9.21. The van der Waals surface area contributed by atoms with E-state index in [9.17, 15) is 13.5 Å². The first-order valence-corrected chi connectivity index (χ1v) is 8.68. The summed E-state index contributed by atoms with van der Waals surface area (Å²) < 4.78 is 26.2. The molecule has 6 nitrogen and oxygen atoms in total. The van der Waals surface area contributed by atoms with Crippen molar-refractivity contribution in [3.8, 4) is 0 Å². The SMILES string of the molecule is CNS(=O)(=O)c1ccc(N)c(N2CCCCC2CCO)c1. The van der Waals surface area contributed by atoms with Crippen molar-refractivity contribution in [2.75, 3.05) is 30.8 Å². The van der Waals surface area contributed by atoms with Crippen LogP contribution in [0.4, 0.5) is 11.4 Å². The molecule has 118 valence electrons. The van der Waals surface area contributed by atoms with Gasteiger partial charge in [-0.3, -0.25) is 0 Å². The molecule has 0 saturated carbocycles. The Morgan fingerprint density at radius 3 is 2.86 bits per heavy atom. The van der Waals surface area contributed by atoms with Crippen LogP contribution in [0.25, 0.3) is 0 Å². The van der Waals surface area contributed by atoms with Gasteiger partial charge in [0, 0.05) is 19.2 Å². The number of rotatable bonds is 5. The van der Waals surface area contributed by atoms with Gasteiger partial charge in [-0.15, -0.1) is 0 Å². The number of sulfonamides is 1. The Morgan fingerprint density at radius 2 is 2.19 bits per heavy atom. The Kier molecular flexibility index (Phi) is 5.08. The average Bonchev–Trinajstić information content (AvgIpc) is 2.49. The molecule has 2 rings (SSSR count). The quantitative estimate of drug-likeness (QED) is 0.703. The fourth-order valence-corrected chi connectivity index (χ4v) is 3.57. The van der Waals surface area contributed by atoms with Crippen LogP contribution in [0, 0.1) is 0 Å². The summed E-state index contributed by atoms with van der Waals surface area (Å²) in [6, 6.07) is 4.97. The van der Waals surface area contributed by atoms with Crippen molar-refractivity contribution < 1.29 is 13.5 Å². The molecule has 1 heterocycles. The molecule has 1 aromatic rings. The lowest BCUT2D eigenvalue weighted by atomic mass is 9.98. The maximum Gasteiger partial charge on any atom is 0.240 e. The number of hydrogen-bond acceptors (Lipinski definition) is 5. The van der Waals surface area contributed by atoms with E-state index in [0.717, 1.165) is 31.5 Å². The molecule has 1 atom stereocenters. The molecule has 0 aromatic heterocycles. The number of nitrogens with zero attached hydrogens (tertiary/aromatic N) is 1. The number of nitrogen functional groups attached to an aromatic ring is 1. The number of nitrogens with one attached hydrogen (secondary N) is 1. The summed E-state index contributed by atoms with van der Waals surface area (Å²) in [6.45, 7) is 0.952. The van der Waals surface area contributed by atoms with Crippen LogP contribution in [0.5, 0.6) is 0 Å². The van der Waals surface area contributed by atoms with Gasteiger partial charge < -0.3 is 15.7 Å². The molecule has 1 unspecified atom stereocenters. The molecular formula is C14H23N3O3S. The van der Waals surface area contributed by atoms with E-state index in [1.165, 1.54) is 13.1 Å². The van der Waals surface area contributed by atoms with E-state index in [1.807, 2.05) is 0 Å². The zero-order valence-corrected chi connectivity index (χ0v) is 13.1. The molecule has 1 saturated heterocycles. The molecule has 4 N–H and O–H groups in total. The number of hydrogen-bond donors (Lipinski definition) is 3. The summed E-state index contributed by atoms with van der Waals surface area (Å²) in [5.74, 6) is 0. The highest BCUT2D eigenvalue weighted by Crippen LogP contribution is 2.32. The van der Waals surface area contributed by atoms with Crippen LogP contribution in [-0.2, 0) is 10.0 Å². The molecule has 0 radical (unpaired) electrons. The number of aliphatic hydroxyl groups excluding tert-OH is 1. The zero-order chi connectivity index (χ0) is 15.5. The van der Waals surface area contributed by atoms with Crippen molar-refractivity contribution in [3.05, 3.63) is 18.2 Å². The van der Waals surface area contributed by atoms with Crippen molar-refractivity contribution in [3.63, 3.8) is 0 Å². The lowest BCUT2D eigenvalue weighted by Crippen LogP contribution is -2.40. The highest BCUT2D eigenvalue weighted by atomic mass is 32.2. The molecule has 1 aromatic carbocycles. The first kappa shape index (κ1) is 16.1. The van der Waals surface area contributed by atoms with Gasteiger partial charge in [-0.1, -0.05) is 0 Å². The van der Waals surface area contributed by atoms with Crippen LogP contribution in [0.15, 0.2) is 23.1 Å². The minimum absolute atomic E-state index is 0.121. The van der Waals surface area contributed by atoms with Gasteiger partial charge in [-0.2, -0.15) is 0 Å². The molecule has 1 aliphatic rings. The number of piperidine rings is 1. The zero-order valence-electron chi connectivity index (χ0n) is 12.2. The summed E-state index contributed by atoms with van der Waals surface area (Å²) >= 11 is 0. The van der Waals surface area contributed by atoms with Gasteiger partial charge >= 0.3 is 0 Å². The van der Waals surface area contributed by atoms with Crippen LogP contribution in [-0.4, -0.2) is 39.8 Å². The maximum absolute atomic E-state index is 11.9. The second-order valence-corrected chi connectivity index (χ2v) is 7.17. The fraction of sp³-hybridized carbons (Fsp3) is 0.571. The normalized spacial score (nSPS) is 19.7. The maximum atomic E-state index is 11.9. The van der Waals surface area contributed by atoms with Crippen molar-refractivity contribution in [1.82, 2.24) is 4.72 Å². The second kappa shape index (κ2) is 6.64. The molecule has 21 heavy (non-hydrogen) atoms. The lowest BCUT2D eigenvalue weighted by molar-refractivity contribution is 0.262. The smallest absolute Gasteiger partial charge is 0.240 e. The van der Waals surface area contributed by atoms with Gasteiger partial charge in [0.25, 0.3) is 0 Å². The standard InChI is InChI=1S/C14H23N3O3S/c1-16-21(19,20)12-5-6-13(15)14(10-12)17-8-3-2-4-11(17)7-9-18/h5-6,10-11,16,18H,2-4,7-9,15H2,1H3. The van der Waals surface area contributed by atoms with Crippen molar-refractivity contribution >= 4 is 21.4 Å². The van der Waals surface area contributed by atoms with E-state index < -0.39 is 10.0 Å². The highest BCUT2D eigenvalue weighted by Gasteiger charge is 2.25. The molecular weight excluding hydrogens is 290 g/mol. The first-order chi connectivity index (χ1) is 9.99. The van der Waals surface area contributed by atoms with Gasteiger partial charge in [-0.05, 0) is 50.9 Å². The highest BCUT2D eigenvalue weighted by molar-refractivity contribution is 7.89. The van der Waals surface area contributed by atoms with Crippen LogP contribution in [0.1, 0.15) is 25.7 Å². The number of nitrogens with two attached hydrogens (primary N) is 1. The minimum atomic E-state index is -3.49. The van der Waals surface area contributed by atoms with Gasteiger partial charge in [0.15, 0.2) is 0 Å². The van der Waals surface area contributed by atoms with Gasteiger partial charge in [0.1, 0.15) is 0 Å². The van der Waals surface area contributed by atoms with Crippen LogP contribution in [0.3, 0.4) is 0 Å². The van der Waals surface area contributed by atoms with Gasteiger partial charge in [-0.25, -0.2) is 13.1 Å². The molecule has 0 spiro atoms. The lowest BCUT2D eigenvalue weighted by Gasteiger charge is -2.38. The summed E-state index contributed by atoms with van der Waals surface area (Å²) in [5.41, 5.74) is 7.35. The first-order valence-electron chi connectivity index (χ1n) is 7.20. The monoisotopic (exact) mass is 313 g/mol. The third-order valence-corrected chi connectivity index (χ3v) is 5.39. The topological polar surface area (TPSA) is 95.7 Å². The van der Waals surface area contributed by atoms with E-state index in [4.69, 9.17) is 5.73 Å². The van der Waals surface area contributed by atoms with Gasteiger partial charge in [0.2, 0.25) is 10.0 Å². The summed E-state index contributed by atoms with van der Waals surface area (Å²) in [6.07, 6.45) is 3.82. The Hall–Kier alpha value is -1.31. The number of aliphatic hydroxyl groups is 1. The van der Waals surface area contributed by atoms with E-state index in [1.54, 1.807) is 12.1 Å². The average molecular weight is 313 g/mol. The molecule has 1 fully saturated rings. The summed E-state index contributed by atoms with van der Waals surface area (Å²) in [4.78, 5) is 2.34. The second-order valence-electron chi connectivity index (χ2n) is 5.28. The fourth-order valence-electron chi connectivity index (χ4n) is 2.82. The molecule has 0 aliphatic carbocycles. The molecule has 7 heteroatoms. The largest absolute Gasteiger partial charge is 0.397 e. The Labute approximate surface area is 126 Å². The van der Waals surface area contributed by atoms with Gasteiger partial charge in [0.05, 0.1) is 16.3 Å². The minimum Gasteiger partial charge on any atom is -0.397 e. The Morgan fingerprint density at radius 1 is 1.43 bits per heavy atom. The third-order valence-electron chi connectivity index (χ3n) is 3.98. The summed E-state index contributed by atoms with van der Waals surface area (Å²) in [7, 11) is -2.10. The van der Waals surface area contributed by atoms with Crippen molar-refractivity contribution in [2.45, 2.75) is 36.6 Å². The van der Waals surface area contributed by atoms with Crippen LogP contribution >= 0.6 is 0 Å².